The highest BCUT2D eigenvalue weighted by Gasteiger charge is 2.47. The number of nitriles is 2. The second kappa shape index (κ2) is 13.1. The van der Waals surface area contributed by atoms with Crippen molar-refractivity contribution < 1.29 is 27.2 Å². The number of fused-ring (bicyclic) bond motifs is 9. The average molecular weight is 857 g/mol. The largest absolute Gasteiger partial charge is 0.287 e. The van der Waals surface area contributed by atoms with Crippen molar-refractivity contribution in [1.82, 2.24) is 0 Å². The minimum absolute atomic E-state index is 0.0256. The molecular formula is C48H24F4N6O2S2. The lowest BCUT2D eigenvalue weighted by atomic mass is 9.70. The molecular weight excluding hydrogens is 833 g/mol. The van der Waals surface area contributed by atoms with E-state index in [9.17, 15) is 37.7 Å². The van der Waals surface area contributed by atoms with Crippen LogP contribution in [-0.2, 0) is 10.8 Å². The van der Waals surface area contributed by atoms with Gasteiger partial charge in [0.15, 0.2) is 23.3 Å². The maximum atomic E-state index is 14.4. The summed E-state index contributed by atoms with van der Waals surface area (Å²) in [4.78, 5) is 44.9. The number of ketones is 2. The van der Waals surface area contributed by atoms with E-state index < -0.39 is 57.1 Å². The molecule has 14 heteroatoms. The van der Waals surface area contributed by atoms with Gasteiger partial charge in [-0.2, -0.15) is 0 Å². The number of allylic oxidation sites excluding steroid dienone is 12. The van der Waals surface area contributed by atoms with Gasteiger partial charge in [0.2, 0.25) is 11.6 Å². The first-order chi connectivity index (χ1) is 29.5. The van der Waals surface area contributed by atoms with E-state index in [1.807, 2.05) is 12.1 Å². The first-order valence-corrected chi connectivity index (χ1v) is 20.6. The van der Waals surface area contributed by atoms with Gasteiger partial charge in [0.1, 0.15) is 21.4 Å². The lowest BCUT2D eigenvalue weighted by molar-refractivity contribution is 0.106. The van der Waals surface area contributed by atoms with E-state index in [1.54, 1.807) is 12.1 Å². The molecule has 62 heavy (non-hydrogen) atoms. The molecule has 0 spiro atoms. The summed E-state index contributed by atoms with van der Waals surface area (Å²) in [5.41, 5.74) is 3.20. The maximum Gasteiger partial charge on any atom is 0.271 e. The molecule has 0 bridgehead atoms. The van der Waals surface area contributed by atoms with Crippen LogP contribution < -0.4 is 0 Å². The second-order valence-corrected chi connectivity index (χ2v) is 18.5. The molecule has 0 N–H and O–H groups in total. The summed E-state index contributed by atoms with van der Waals surface area (Å²) in [7, 11) is 0. The predicted octanol–water partition coefficient (Wildman–Crippen LogP) is 11.8. The molecule has 0 amide bonds. The van der Waals surface area contributed by atoms with Crippen molar-refractivity contribution in [2.45, 2.75) is 38.5 Å². The molecule has 298 valence electrons. The molecule has 2 aromatic carbocycles. The number of halogens is 4. The Labute approximate surface area is 359 Å². The van der Waals surface area contributed by atoms with Crippen LogP contribution in [0.1, 0.15) is 80.4 Å². The fourth-order valence-electron chi connectivity index (χ4n) is 9.45. The lowest BCUT2D eigenvalue weighted by Gasteiger charge is -2.33. The third-order valence-electron chi connectivity index (χ3n) is 12.5. The normalized spacial score (nSPS) is 23.3. The number of benzene rings is 2. The van der Waals surface area contributed by atoms with Crippen LogP contribution in [0.15, 0.2) is 93.2 Å². The summed E-state index contributed by atoms with van der Waals surface area (Å²) in [6, 6.07) is 10.5. The first-order valence-electron chi connectivity index (χ1n) is 19.0. The zero-order chi connectivity index (χ0) is 43.9. The molecule has 2 unspecified atom stereocenters. The van der Waals surface area contributed by atoms with E-state index in [0.717, 1.165) is 67.4 Å². The molecule has 2 aromatic heterocycles. The standard InChI is InChI=1S/C48H24F4N6O2S2/c1-47(2)27-9-19-8-26-28(48(3,4)30-16-38(62-46(26)30)58-42-40(36(18-54)56-6)22-12-32(50)34(52)14-24(22)44(42)60)10-20(19)7-25(27)45-29(47)15-37(61-45)57-41-39(35(17-53)55-5)21-11-31(49)33(51)13-23(21)43(41)59/h7-16,19-20H,1-4H3/b39-35+,40-36?,57-41?,58-42?. The van der Waals surface area contributed by atoms with Gasteiger partial charge < -0.3 is 0 Å². The number of hydrogen-bond acceptors (Lipinski definition) is 8. The van der Waals surface area contributed by atoms with Gasteiger partial charge in [-0.1, -0.05) is 52.0 Å². The Bertz CT molecular complexity index is 3130. The van der Waals surface area contributed by atoms with Gasteiger partial charge >= 0.3 is 0 Å². The minimum Gasteiger partial charge on any atom is -0.287 e. The van der Waals surface area contributed by atoms with E-state index in [4.69, 9.17) is 13.1 Å². The van der Waals surface area contributed by atoms with Gasteiger partial charge in [-0.3, -0.25) is 9.59 Å². The van der Waals surface area contributed by atoms with Crippen LogP contribution in [0.25, 0.3) is 32.0 Å². The van der Waals surface area contributed by atoms with E-state index >= 15 is 0 Å². The van der Waals surface area contributed by atoms with Gasteiger partial charge in [0.05, 0.1) is 25.3 Å². The van der Waals surface area contributed by atoms with Crippen LogP contribution in [0, 0.1) is 70.9 Å². The highest BCUT2D eigenvalue weighted by molar-refractivity contribution is 7.17. The Morgan fingerprint density at radius 1 is 0.613 bits per heavy atom. The third kappa shape index (κ3) is 5.18. The summed E-state index contributed by atoms with van der Waals surface area (Å²) in [5.74, 6) is -6.34. The van der Waals surface area contributed by atoms with E-state index in [0.29, 0.717) is 10.0 Å². The molecule has 0 aliphatic heterocycles. The van der Waals surface area contributed by atoms with Gasteiger partial charge in [-0.25, -0.2) is 47.8 Å². The lowest BCUT2D eigenvalue weighted by Crippen LogP contribution is -2.23. The summed E-state index contributed by atoms with van der Waals surface area (Å²) < 4.78 is 57.3. The van der Waals surface area contributed by atoms with Crippen LogP contribution in [-0.4, -0.2) is 23.0 Å². The Hall–Kier alpha value is -7.36. The molecule has 0 saturated carbocycles. The van der Waals surface area contributed by atoms with Gasteiger partial charge in [0, 0.05) is 54.7 Å². The van der Waals surface area contributed by atoms with Crippen molar-refractivity contribution in [3.63, 3.8) is 0 Å². The van der Waals surface area contributed by atoms with Crippen molar-refractivity contribution >= 4 is 78.0 Å². The number of thiophene rings is 2. The average Bonchev–Trinajstić information content (AvgIpc) is 4.05. The molecule has 8 nitrogen and oxygen atoms in total. The van der Waals surface area contributed by atoms with E-state index in [1.165, 1.54) is 22.7 Å². The number of hydrogen-bond donors (Lipinski definition) is 0. The van der Waals surface area contributed by atoms with Gasteiger partial charge in [0.25, 0.3) is 11.4 Å². The fourth-order valence-corrected chi connectivity index (χ4v) is 11.9. The highest BCUT2D eigenvalue weighted by atomic mass is 32.1. The number of Topliss-reactive ketones (excluding diaryl/α,β-unsaturated/α-hetero) is 2. The van der Waals surface area contributed by atoms with Crippen molar-refractivity contribution in [3.8, 4) is 12.1 Å². The molecule has 0 fully saturated rings. The summed E-state index contributed by atoms with van der Waals surface area (Å²) >= 11 is 2.71. The Morgan fingerprint density at radius 2 is 0.968 bits per heavy atom. The Kier molecular flexibility index (Phi) is 8.18. The van der Waals surface area contributed by atoms with Crippen molar-refractivity contribution in [1.29, 1.82) is 10.5 Å². The quantitative estimate of drug-likeness (QED) is 0.113. The Morgan fingerprint density at radius 3 is 1.31 bits per heavy atom. The SMILES string of the molecule is [C-]#[N+]C(C#N)=C1C(=Nc2cc3c(s2)C2=CC4C=C5C(=CC4C=C2C3(C)C)c2sc(N=C3C(=O)c4cc(F)c(F)cc4/C3=C(/C#N)[N+]#[C-])cc2C5(C)C)C(=O)c2cc(F)c(F)cc21. The molecule has 0 radical (unpaired) electrons. The van der Waals surface area contributed by atoms with E-state index in [2.05, 4.69) is 71.7 Å². The van der Waals surface area contributed by atoms with Crippen molar-refractivity contribution in [2.75, 3.05) is 0 Å². The van der Waals surface area contributed by atoms with Gasteiger partial charge in [-0.05, 0) is 80.9 Å². The third-order valence-corrected chi connectivity index (χ3v) is 14.6. The molecule has 6 aliphatic carbocycles. The summed E-state index contributed by atoms with van der Waals surface area (Å²) in [6.45, 7) is 23.5. The van der Waals surface area contributed by atoms with Crippen LogP contribution in [0.2, 0.25) is 0 Å². The fraction of sp³-hybridized carbons (Fsp3) is 0.167. The highest BCUT2D eigenvalue weighted by Crippen LogP contribution is 2.61. The number of carbonyl (C=O) groups is 2. The Balaban J connectivity index is 1.01. The molecule has 10 rings (SSSR count). The molecule has 2 heterocycles. The zero-order valence-corrected chi connectivity index (χ0v) is 34.4. The van der Waals surface area contributed by atoms with Crippen LogP contribution in [0.4, 0.5) is 27.6 Å². The van der Waals surface area contributed by atoms with Crippen molar-refractivity contribution in [2.24, 2.45) is 21.8 Å². The molecule has 4 aromatic rings. The maximum absolute atomic E-state index is 14.4. The van der Waals surface area contributed by atoms with Gasteiger partial charge in [-0.15, -0.1) is 22.7 Å². The zero-order valence-electron chi connectivity index (χ0n) is 32.8. The second-order valence-electron chi connectivity index (χ2n) is 16.5. The molecule has 0 saturated heterocycles. The van der Waals surface area contributed by atoms with Crippen LogP contribution in [0.5, 0.6) is 0 Å². The minimum atomic E-state index is -1.22. The molecule has 2 atom stereocenters. The number of rotatable bonds is 2. The van der Waals surface area contributed by atoms with E-state index in [-0.39, 0.29) is 56.7 Å². The topological polar surface area (TPSA) is 115 Å². The predicted molar refractivity (Wildman–Crippen MR) is 228 cm³/mol. The van der Waals surface area contributed by atoms with Crippen molar-refractivity contribution in [3.05, 3.63) is 172 Å². The smallest absolute Gasteiger partial charge is 0.271 e. The summed E-state index contributed by atoms with van der Waals surface area (Å²) in [5, 5.41) is 20.4. The number of nitrogens with zero attached hydrogens (tertiary/aromatic N) is 6. The van der Waals surface area contributed by atoms with Crippen LogP contribution in [0.3, 0.4) is 0 Å². The van der Waals surface area contributed by atoms with Crippen LogP contribution >= 0.6 is 22.7 Å². The summed E-state index contributed by atoms with van der Waals surface area (Å²) in [6.07, 6.45) is 9.03. The first kappa shape index (κ1) is 38.8. The number of carbonyl (C=O) groups excluding carboxylic acids is 2. The molecule has 6 aliphatic rings. The monoisotopic (exact) mass is 856 g/mol. The number of aliphatic imine (C=N–C) groups is 2.